The molecule has 2 aliphatic rings. The molecule has 0 bridgehead atoms. The molecule has 2 aromatic carbocycles. The van der Waals surface area contributed by atoms with Gasteiger partial charge in [-0.05, 0) is 17.2 Å². The molecule has 136 valence electrons. The highest BCUT2D eigenvalue weighted by Crippen LogP contribution is 2.28. The number of fused-ring (bicyclic) bond motifs is 1. The molecule has 0 radical (unpaired) electrons. The number of carbonyl (C=O) groups is 1. The second-order valence-corrected chi connectivity index (χ2v) is 6.88. The zero-order chi connectivity index (χ0) is 17.8. The van der Waals surface area contributed by atoms with Gasteiger partial charge in [0.1, 0.15) is 5.75 Å². The molecule has 0 spiro atoms. The number of hydrogen-bond acceptors (Lipinski definition) is 4. The lowest BCUT2D eigenvalue weighted by Gasteiger charge is -2.33. The molecule has 0 aromatic heterocycles. The quantitative estimate of drug-likeness (QED) is 0.894. The molecule has 2 aliphatic heterocycles. The van der Waals surface area contributed by atoms with Gasteiger partial charge >= 0.3 is 0 Å². The van der Waals surface area contributed by atoms with E-state index in [4.69, 9.17) is 9.47 Å². The van der Waals surface area contributed by atoms with Crippen LogP contribution in [0.4, 0.5) is 0 Å². The number of morpholine rings is 1. The number of rotatable bonds is 5. The summed E-state index contributed by atoms with van der Waals surface area (Å²) in [6.07, 6.45) is 0.213. The summed E-state index contributed by atoms with van der Waals surface area (Å²) in [5.41, 5.74) is 2.39. The third-order valence-corrected chi connectivity index (χ3v) is 4.92. The normalized spacial score (nSPS) is 22.5. The predicted molar refractivity (Wildman–Crippen MR) is 99.0 cm³/mol. The SMILES string of the molecule is O=C(NCC1CN(Cc2ccccc2)CCO1)C1Cc2ccccc2O1. The van der Waals surface area contributed by atoms with E-state index in [0.29, 0.717) is 19.6 Å². The molecule has 2 aromatic rings. The Morgan fingerprint density at radius 3 is 2.77 bits per heavy atom. The maximum Gasteiger partial charge on any atom is 0.261 e. The van der Waals surface area contributed by atoms with Crippen molar-refractivity contribution in [2.45, 2.75) is 25.2 Å². The van der Waals surface area contributed by atoms with Gasteiger partial charge in [-0.25, -0.2) is 0 Å². The molecule has 1 fully saturated rings. The van der Waals surface area contributed by atoms with Gasteiger partial charge in [-0.1, -0.05) is 48.5 Å². The number of carbonyl (C=O) groups excluding carboxylic acids is 1. The lowest BCUT2D eigenvalue weighted by Crippen LogP contribution is -2.49. The Morgan fingerprint density at radius 1 is 1.12 bits per heavy atom. The van der Waals surface area contributed by atoms with Crippen molar-refractivity contribution in [2.24, 2.45) is 0 Å². The van der Waals surface area contributed by atoms with E-state index in [9.17, 15) is 4.79 Å². The van der Waals surface area contributed by atoms with Crippen molar-refractivity contribution >= 4 is 5.91 Å². The summed E-state index contributed by atoms with van der Waals surface area (Å²) in [7, 11) is 0. The standard InChI is InChI=1S/C21H24N2O3/c24-21(20-12-17-8-4-5-9-19(17)26-20)22-13-18-15-23(10-11-25-18)14-16-6-2-1-3-7-16/h1-9,18,20H,10-15H2,(H,22,24). The highest BCUT2D eigenvalue weighted by atomic mass is 16.5. The van der Waals surface area contributed by atoms with Crippen molar-refractivity contribution in [3.8, 4) is 5.75 Å². The Hall–Kier alpha value is -2.37. The molecule has 0 saturated carbocycles. The summed E-state index contributed by atoms with van der Waals surface area (Å²) in [6, 6.07) is 18.3. The van der Waals surface area contributed by atoms with Crippen molar-refractivity contribution in [1.29, 1.82) is 0 Å². The summed E-state index contributed by atoms with van der Waals surface area (Å²) in [6.45, 7) is 3.86. The van der Waals surface area contributed by atoms with E-state index in [1.807, 2.05) is 30.3 Å². The van der Waals surface area contributed by atoms with Crippen molar-refractivity contribution in [1.82, 2.24) is 10.2 Å². The summed E-state index contributed by atoms with van der Waals surface area (Å²) in [5.74, 6) is 0.751. The van der Waals surface area contributed by atoms with E-state index < -0.39 is 6.10 Å². The molecule has 1 saturated heterocycles. The van der Waals surface area contributed by atoms with Crippen molar-refractivity contribution in [3.63, 3.8) is 0 Å². The van der Waals surface area contributed by atoms with Crippen LogP contribution in [0.3, 0.4) is 0 Å². The van der Waals surface area contributed by atoms with Crippen LogP contribution in [0, 0.1) is 0 Å². The van der Waals surface area contributed by atoms with Crippen molar-refractivity contribution < 1.29 is 14.3 Å². The number of para-hydroxylation sites is 1. The first-order valence-corrected chi connectivity index (χ1v) is 9.18. The summed E-state index contributed by atoms with van der Waals surface area (Å²) < 4.78 is 11.6. The van der Waals surface area contributed by atoms with E-state index in [0.717, 1.165) is 30.9 Å². The molecular formula is C21H24N2O3. The van der Waals surface area contributed by atoms with Crippen LogP contribution in [-0.2, 0) is 22.5 Å². The van der Waals surface area contributed by atoms with Crippen LogP contribution in [0.2, 0.25) is 0 Å². The molecule has 2 heterocycles. The monoisotopic (exact) mass is 352 g/mol. The second kappa shape index (κ2) is 7.89. The van der Waals surface area contributed by atoms with E-state index in [-0.39, 0.29) is 12.0 Å². The average Bonchev–Trinajstić information content (AvgIpc) is 3.12. The lowest BCUT2D eigenvalue weighted by molar-refractivity contribution is -0.128. The topological polar surface area (TPSA) is 50.8 Å². The summed E-state index contributed by atoms with van der Waals surface area (Å²) in [5, 5.41) is 3.00. The van der Waals surface area contributed by atoms with E-state index >= 15 is 0 Å². The van der Waals surface area contributed by atoms with Crippen LogP contribution < -0.4 is 10.1 Å². The first-order valence-electron chi connectivity index (χ1n) is 9.18. The van der Waals surface area contributed by atoms with Crippen LogP contribution >= 0.6 is 0 Å². The van der Waals surface area contributed by atoms with Crippen molar-refractivity contribution in [2.75, 3.05) is 26.2 Å². The highest BCUT2D eigenvalue weighted by molar-refractivity contribution is 5.82. The number of benzene rings is 2. The Balaban J connectivity index is 1.25. The van der Waals surface area contributed by atoms with Gasteiger partial charge in [0.15, 0.2) is 6.10 Å². The van der Waals surface area contributed by atoms with Gasteiger partial charge in [-0.3, -0.25) is 9.69 Å². The van der Waals surface area contributed by atoms with Crippen LogP contribution in [0.15, 0.2) is 54.6 Å². The van der Waals surface area contributed by atoms with E-state index in [2.05, 4.69) is 34.5 Å². The maximum absolute atomic E-state index is 12.4. The fourth-order valence-corrected chi connectivity index (χ4v) is 3.55. The molecule has 2 unspecified atom stereocenters. The minimum Gasteiger partial charge on any atom is -0.480 e. The van der Waals surface area contributed by atoms with Crippen LogP contribution in [0.1, 0.15) is 11.1 Å². The van der Waals surface area contributed by atoms with Gasteiger partial charge < -0.3 is 14.8 Å². The minimum absolute atomic E-state index is 0.0141. The Bertz CT molecular complexity index is 725. The van der Waals surface area contributed by atoms with E-state index in [1.54, 1.807) is 0 Å². The third-order valence-electron chi connectivity index (χ3n) is 4.92. The summed E-state index contributed by atoms with van der Waals surface area (Å²) in [4.78, 5) is 14.8. The Labute approximate surface area is 153 Å². The third kappa shape index (κ3) is 4.06. The zero-order valence-electron chi connectivity index (χ0n) is 14.8. The van der Waals surface area contributed by atoms with E-state index in [1.165, 1.54) is 5.56 Å². The highest BCUT2D eigenvalue weighted by Gasteiger charge is 2.29. The Morgan fingerprint density at radius 2 is 1.92 bits per heavy atom. The minimum atomic E-state index is -0.434. The first-order chi connectivity index (χ1) is 12.8. The number of amides is 1. The molecular weight excluding hydrogens is 328 g/mol. The van der Waals surface area contributed by atoms with Crippen LogP contribution in [-0.4, -0.2) is 49.3 Å². The summed E-state index contributed by atoms with van der Waals surface area (Å²) >= 11 is 0. The number of ether oxygens (including phenoxy) is 2. The molecule has 26 heavy (non-hydrogen) atoms. The van der Waals surface area contributed by atoms with Gasteiger partial charge in [-0.2, -0.15) is 0 Å². The molecule has 2 atom stereocenters. The van der Waals surface area contributed by atoms with Crippen LogP contribution in [0.25, 0.3) is 0 Å². The molecule has 1 amide bonds. The largest absolute Gasteiger partial charge is 0.480 e. The van der Waals surface area contributed by atoms with Crippen molar-refractivity contribution in [3.05, 3.63) is 65.7 Å². The number of nitrogens with zero attached hydrogens (tertiary/aromatic N) is 1. The van der Waals surface area contributed by atoms with Gasteiger partial charge in [0.05, 0.1) is 12.7 Å². The predicted octanol–water partition coefficient (Wildman–Crippen LogP) is 2.01. The maximum atomic E-state index is 12.4. The zero-order valence-corrected chi connectivity index (χ0v) is 14.8. The number of hydrogen-bond donors (Lipinski definition) is 1. The lowest BCUT2D eigenvalue weighted by atomic mass is 10.1. The second-order valence-electron chi connectivity index (χ2n) is 6.88. The first kappa shape index (κ1) is 17.1. The van der Waals surface area contributed by atoms with Gasteiger partial charge in [0, 0.05) is 32.6 Å². The fourth-order valence-electron chi connectivity index (χ4n) is 3.55. The fraction of sp³-hybridized carbons (Fsp3) is 0.381. The van der Waals surface area contributed by atoms with Gasteiger partial charge in [0.2, 0.25) is 0 Å². The molecule has 4 rings (SSSR count). The average molecular weight is 352 g/mol. The Kier molecular flexibility index (Phi) is 5.18. The smallest absolute Gasteiger partial charge is 0.261 e. The molecule has 5 nitrogen and oxygen atoms in total. The van der Waals surface area contributed by atoms with Gasteiger partial charge in [0.25, 0.3) is 5.91 Å². The number of nitrogens with one attached hydrogen (secondary N) is 1. The molecule has 1 N–H and O–H groups in total. The van der Waals surface area contributed by atoms with Gasteiger partial charge in [-0.15, -0.1) is 0 Å². The molecule has 0 aliphatic carbocycles. The van der Waals surface area contributed by atoms with Crippen LogP contribution in [0.5, 0.6) is 5.75 Å². The molecule has 5 heteroatoms.